The van der Waals surface area contributed by atoms with Crippen LogP contribution in [-0.4, -0.2) is 35.4 Å². The van der Waals surface area contributed by atoms with Crippen LogP contribution in [0.1, 0.15) is 45.9 Å². The van der Waals surface area contributed by atoms with Gasteiger partial charge < -0.3 is 10.6 Å². The molecule has 34 heavy (non-hydrogen) atoms. The molecule has 2 aromatic carbocycles. The van der Waals surface area contributed by atoms with Crippen LogP contribution < -0.4 is 16.0 Å². The molecule has 2 atom stereocenters. The average molecular weight is 480 g/mol. The van der Waals surface area contributed by atoms with Gasteiger partial charge in [-0.25, -0.2) is 4.98 Å². The molecule has 180 valence electrons. The molecule has 0 spiro atoms. The maximum absolute atomic E-state index is 12.5. The summed E-state index contributed by atoms with van der Waals surface area (Å²) in [7, 11) is 0. The van der Waals surface area contributed by atoms with Crippen molar-refractivity contribution < 1.29 is 13.9 Å². The number of hydrogen-bond acceptors (Lipinski definition) is 6. The van der Waals surface area contributed by atoms with Gasteiger partial charge in [-0.1, -0.05) is 42.8 Å². The van der Waals surface area contributed by atoms with Crippen LogP contribution in [0.15, 0.2) is 60.1 Å². The summed E-state index contributed by atoms with van der Waals surface area (Å²) in [5.74, 6) is -0.276. The van der Waals surface area contributed by atoms with Crippen LogP contribution in [0.5, 0.6) is 0 Å². The molecule has 7 nitrogen and oxygen atoms in total. The molecule has 0 unspecified atom stereocenters. The van der Waals surface area contributed by atoms with E-state index in [9.17, 15) is 14.9 Å². The van der Waals surface area contributed by atoms with Gasteiger partial charge >= 0.3 is 0 Å². The molecule has 8 heteroatoms. The van der Waals surface area contributed by atoms with Gasteiger partial charge in [-0.15, -0.1) is 11.3 Å². The number of anilines is 1. The van der Waals surface area contributed by atoms with Crippen molar-refractivity contribution in [3.63, 3.8) is 0 Å². The van der Waals surface area contributed by atoms with Crippen LogP contribution in [-0.2, 0) is 11.2 Å². The Hall–Kier alpha value is -3.54. The number of nitrogens with one attached hydrogen (secondary N) is 3. The third-order valence-corrected chi connectivity index (χ3v) is 6.57. The summed E-state index contributed by atoms with van der Waals surface area (Å²) in [4.78, 5) is 29.0. The molecule has 1 fully saturated rings. The smallest absolute Gasteiger partial charge is 0.257 e. The van der Waals surface area contributed by atoms with Crippen molar-refractivity contribution in [2.45, 2.75) is 44.2 Å². The van der Waals surface area contributed by atoms with Crippen LogP contribution in [0.3, 0.4) is 0 Å². The predicted octanol–water partition coefficient (Wildman–Crippen LogP) is 4.88. The van der Waals surface area contributed by atoms with Crippen molar-refractivity contribution in [2.75, 3.05) is 11.9 Å². The Kier molecular flexibility index (Phi) is 8.02. The van der Waals surface area contributed by atoms with Gasteiger partial charge in [0.15, 0.2) is 5.13 Å². The van der Waals surface area contributed by atoms with E-state index < -0.39 is 6.04 Å². The second kappa shape index (κ2) is 11.5. The molecule has 3 N–H and O–H groups in total. The molecule has 1 saturated heterocycles. The Morgan fingerprint density at radius 3 is 2.76 bits per heavy atom. The molecule has 0 saturated carbocycles. The highest BCUT2D eigenvalue weighted by Gasteiger charge is 2.22. The number of hydrogen-bond donors (Lipinski definition) is 3. The molecule has 3 aromatic rings. The monoisotopic (exact) mass is 479 g/mol. The molecule has 4 rings (SSSR count). The van der Waals surface area contributed by atoms with Gasteiger partial charge in [0.1, 0.15) is 6.04 Å². The van der Waals surface area contributed by atoms with Crippen molar-refractivity contribution >= 4 is 28.3 Å². The number of nitrogens with zero attached hydrogens (tertiary/aromatic N) is 2. The lowest BCUT2D eigenvalue weighted by Crippen LogP contribution is -2.49. The lowest BCUT2D eigenvalue weighted by molar-refractivity contribution is -0.124. The minimum atomic E-state index is -0.510. The summed E-state index contributed by atoms with van der Waals surface area (Å²) in [5.41, 5.74) is 3.60. The zero-order chi connectivity index (χ0) is 23.8. The summed E-state index contributed by atoms with van der Waals surface area (Å²) >= 11 is 1.38. The van der Waals surface area contributed by atoms with Crippen molar-refractivity contribution in [3.05, 3.63) is 71.2 Å². The number of thiazole rings is 1. The summed E-state index contributed by atoms with van der Waals surface area (Å²) in [6, 6.07) is 17.1. The van der Waals surface area contributed by atoms with Gasteiger partial charge in [0.25, 0.3) is 5.91 Å². The molecule has 2 amide bonds. The molecule has 0 radical (unpaired) electrons. The minimum Gasteiger partial charge on any atom is -0.339 e. The second-order valence-corrected chi connectivity index (χ2v) is 9.20. The fourth-order valence-electron chi connectivity index (χ4n) is 3.99. The lowest BCUT2D eigenvalue weighted by atomic mass is 9.99. The maximum atomic E-state index is 12.5. The fraction of sp³-hybridized carbons (Fsp3) is 0.308. The second-order valence-electron chi connectivity index (χ2n) is 8.30. The molecular weight excluding hydrogens is 446 g/mol. The Bertz CT molecular complexity index is 1160. The SMILES string of the molecule is N#C[C@H](CCc1ccc(-c2cccc(C(=O)Nc3nccs3)c2)cc1)NC(=O)[C@@H]1CCCCN1.[HH].[HH].[HH]. The molecule has 1 aliphatic rings. The third-order valence-electron chi connectivity index (χ3n) is 5.89. The van der Waals surface area contributed by atoms with Crippen molar-refractivity contribution in [2.24, 2.45) is 0 Å². The van der Waals surface area contributed by atoms with E-state index >= 15 is 0 Å². The highest BCUT2D eigenvalue weighted by atomic mass is 32.1. The molecule has 1 aromatic heterocycles. The van der Waals surface area contributed by atoms with Gasteiger partial charge in [0.05, 0.1) is 12.1 Å². The number of aryl methyl sites for hydroxylation is 1. The van der Waals surface area contributed by atoms with E-state index in [4.69, 9.17) is 0 Å². The van der Waals surface area contributed by atoms with Crippen LogP contribution in [0.4, 0.5) is 5.13 Å². The number of carbonyl (C=O) groups excluding carboxylic acids is 2. The van der Waals surface area contributed by atoms with Crippen LogP contribution in [0.25, 0.3) is 11.1 Å². The highest BCUT2D eigenvalue weighted by Crippen LogP contribution is 2.22. The standard InChI is InChI=1S/C26H27N5O2S.3H2/c27-17-22(30-25(33)23-6-1-2-13-28-23)12-9-18-7-10-19(11-8-18)20-4-3-5-21(16-20)24(32)31-26-29-14-15-34-26;;;/h3-5,7-8,10-11,14-16,22-23,28H,1-2,6,9,12-13H2,(H,30,33)(H,29,31,32);3*1H/t22-,23-;;;/m0.../s1. The van der Waals surface area contributed by atoms with E-state index in [-0.39, 0.29) is 22.1 Å². The van der Waals surface area contributed by atoms with E-state index in [0.717, 1.165) is 42.5 Å². The topological polar surface area (TPSA) is 107 Å². The normalized spacial score (nSPS) is 16.3. The first-order chi connectivity index (χ1) is 16.6. The molecule has 1 aliphatic heterocycles. The van der Waals surface area contributed by atoms with Gasteiger partial charge in [0, 0.05) is 21.4 Å². The quantitative estimate of drug-likeness (QED) is 0.427. The van der Waals surface area contributed by atoms with Crippen LogP contribution in [0, 0.1) is 11.3 Å². The fourth-order valence-corrected chi connectivity index (χ4v) is 4.51. The van der Waals surface area contributed by atoms with E-state index in [1.165, 1.54) is 11.3 Å². The Labute approximate surface area is 207 Å². The maximum Gasteiger partial charge on any atom is 0.257 e. The third kappa shape index (κ3) is 6.28. The number of amides is 2. The summed E-state index contributed by atoms with van der Waals surface area (Å²) in [6.45, 7) is 0.848. The number of benzene rings is 2. The first-order valence-corrected chi connectivity index (χ1v) is 12.3. The van der Waals surface area contributed by atoms with Crippen molar-refractivity contribution in [3.8, 4) is 17.2 Å². The number of piperidine rings is 1. The van der Waals surface area contributed by atoms with E-state index in [1.807, 2.05) is 47.8 Å². The predicted molar refractivity (Wildman–Crippen MR) is 140 cm³/mol. The Morgan fingerprint density at radius 1 is 1.21 bits per heavy atom. The lowest BCUT2D eigenvalue weighted by Gasteiger charge is -2.23. The van der Waals surface area contributed by atoms with Gasteiger partial charge in [-0.2, -0.15) is 5.26 Å². The van der Waals surface area contributed by atoms with Gasteiger partial charge in [-0.05, 0) is 61.1 Å². The van der Waals surface area contributed by atoms with Gasteiger partial charge in [-0.3, -0.25) is 14.9 Å². The zero-order valence-corrected chi connectivity index (χ0v) is 19.6. The average Bonchev–Trinajstić information content (AvgIpc) is 3.40. The molecule has 0 aliphatic carbocycles. The molecular formula is C26H33N5O2S. The number of rotatable bonds is 8. The summed E-state index contributed by atoms with van der Waals surface area (Å²) in [6.07, 6.45) is 5.84. The number of aromatic nitrogens is 1. The minimum absolute atomic E-state index is 0. The highest BCUT2D eigenvalue weighted by molar-refractivity contribution is 7.13. The molecule has 2 heterocycles. The first-order valence-electron chi connectivity index (χ1n) is 11.5. The first kappa shape index (κ1) is 23.6. The largest absolute Gasteiger partial charge is 0.339 e. The van der Waals surface area contributed by atoms with Crippen LogP contribution >= 0.6 is 11.3 Å². The summed E-state index contributed by atoms with van der Waals surface area (Å²) < 4.78 is 0. The van der Waals surface area contributed by atoms with E-state index in [2.05, 4.69) is 27.0 Å². The van der Waals surface area contributed by atoms with E-state index in [1.54, 1.807) is 12.3 Å². The van der Waals surface area contributed by atoms with E-state index in [0.29, 0.717) is 23.5 Å². The van der Waals surface area contributed by atoms with Crippen LogP contribution in [0.2, 0.25) is 0 Å². The van der Waals surface area contributed by atoms with Gasteiger partial charge in [0.2, 0.25) is 5.91 Å². The van der Waals surface area contributed by atoms with Crippen molar-refractivity contribution in [1.82, 2.24) is 15.6 Å². The Balaban J connectivity index is 0.00000228. The van der Waals surface area contributed by atoms with Crippen molar-refractivity contribution in [1.29, 1.82) is 5.26 Å². The number of nitriles is 1. The number of carbonyl (C=O) groups is 2. The molecule has 0 bridgehead atoms. The Morgan fingerprint density at radius 2 is 2.06 bits per heavy atom. The zero-order valence-electron chi connectivity index (χ0n) is 18.8. The summed E-state index contributed by atoms with van der Waals surface area (Å²) in [5, 5.41) is 20.7.